The molecule has 1 rings (SSSR count). The molecule has 4 nitrogen and oxygen atoms in total. The Balaban J connectivity index is 2.71. The molecule has 0 aliphatic rings. The van der Waals surface area contributed by atoms with Gasteiger partial charge >= 0.3 is 0 Å². The Labute approximate surface area is 126 Å². The van der Waals surface area contributed by atoms with Crippen LogP contribution in [0.2, 0.25) is 0 Å². The highest BCUT2D eigenvalue weighted by atomic mass is 32.2. The van der Waals surface area contributed by atoms with E-state index in [1.807, 2.05) is 11.9 Å². The quantitative estimate of drug-likeness (QED) is 0.776. The van der Waals surface area contributed by atoms with Gasteiger partial charge < -0.3 is 10.6 Å². The summed E-state index contributed by atoms with van der Waals surface area (Å²) in [5.74, 6) is 0.635. The standard InChI is InChI=1S/C14H22N2O2S2/c1-11(2)10-16(3)8-9-20(17,18)13-6-4-12(5-7-13)14(15)19/h4-7,11H,8-10H2,1-3H3,(H2,15,19). The molecule has 0 aliphatic carbocycles. The Bertz CT molecular complexity index is 551. The maximum atomic E-state index is 12.2. The van der Waals surface area contributed by atoms with E-state index in [9.17, 15) is 8.42 Å². The summed E-state index contributed by atoms with van der Waals surface area (Å²) in [7, 11) is -1.32. The minimum absolute atomic E-state index is 0.114. The van der Waals surface area contributed by atoms with Crippen LogP contribution in [-0.2, 0) is 9.84 Å². The highest BCUT2D eigenvalue weighted by molar-refractivity contribution is 7.91. The molecule has 0 spiro atoms. The molecule has 0 saturated heterocycles. The molecule has 0 aromatic heterocycles. The van der Waals surface area contributed by atoms with Gasteiger partial charge in [0.1, 0.15) is 4.99 Å². The van der Waals surface area contributed by atoms with E-state index in [-0.39, 0.29) is 10.7 Å². The number of sulfone groups is 1. The summed E-state index contributed by atoms with van der Waals surface area (Å²) in [6.45, 7) is 5.63. The topological polar surface area (TPSA) is 63.4 Å². The van der Waals surface area contributed by atoms with Crippen LogP contribution in [0.3, 0.4) is 0 Å². The van der Waals surface area contributed by atoms with Gasteiger partial charge in [-0.3, -0.25) is 0 Å². The fraction of sp³-hybridized carbons (Fsp3) is 0.500. The number of benzene rings is 1. The number of hydrogen-bond acceptors (Lipinski definition) is 4. The van der Waals surface area contributed by atoms with Crippen molar-refractivity contribution in [2.45, 2.75) is 18.7 Å². The lowest BCUT2D eigenvalue weighted by Crippen LogP contribution is -2.29. The van der Waals surface area contributed by atoms with Gasteiger partial charge in [0.05, 0.1) is 10.6 Å². The van der Waals surface area contributed by atoms with Gasteiger partial charge in [-0.1, -0.05) is 38.2 Å². The zero-order chi connectivity index (χ0) is 15.3. The second-order valence-electron chi connectivity index (χ2n) is 5.36. The molecule has 0 unspecified atom stereocenters. The molecule has 0 saturated carbocycles. The predicted molar refractivity (Wildman–Crippen MR) is 86.7 cm³/mol. The Morgan fingerprint density at radius 3 is 2.30 bits per heavy atom. The minimum atomic E-state index is -3.26. The first-order valence-corrected chi connectivity index (χ1v) is 8.59. The van der Waals surface area contributed by atoms with Crippen LogP contribution < -0.4 is 5.73 Å². The highest BCUT2D eigenvalue weighted by Crippen LogP contribution is 2.13. The van der Waals surface area contributed by atoms with Gasteiger partial charge in [0.25, 0.3) is 0 Å². The molecule has 20 heavy (non-hydrogen) atoms. The Morgan fingerprint density at radius 1 is 1.30 bits per heavy atom. The zero-order valence-electron chi connectivity index (χ0n) is 12.2. The van der Waals surface area contributed by atoms with Crippen molar-refractivity contribution in [3.8, 4) is 0 Å². The number of thiocarbonyl (C=S) groups is 1. The number of nitrogens with zero attached hydrogens (tertiary/aromatic N) is 1. The first-order valence-electron chi connectivity index (χ1n) is 6.53. The van der Waals surface area contributed by atoms with Gasteiger partial charge in [-0.05, 0) is 25.1 Å². The van der Waals surface area contributed by atoms with Crippen LogP contribution in [-0.4, -0.2) is 44.2 Å². The third-order valence-electron chi connectivity index (χ3n) is 2.92. The van der Waals surface area contributed by atoms with Crippen LogP contribution in [0.1, 0.15) is 19.4 Å². The Kier molecular flexibility index (Phi) is 6.10. The smallest absolute Gasteiger partial charge is 0.179 e. The maximum absolute atomic E-state index is 12.2. The third kappa shape index (κ3) is 5.19. The zero-order valence-corrected chi connectivity index (χ0v) is 13.8. The van der Waals surface area contributed by atoms with Crippen molar-refractivity contribution < 1.29 is 8.42 Å². The molecule has 0 fully saturated rings. The second-order valence-corrected chi connectivity index (χ2v) is 7.91. The predicted octanol–water partition coefficient (Wildman–Crippen LogP) is 1.68. The summed E-state index contributed by atoms with van der Waals surface area (Å²) >= 11 is 4.85. The molecular formula is C14H22N2O2S2. The second kappa shape index (κ2) is 7.15. The maximum Gasteiger partial charge on any atom is 0.179 e. The average molecular weight is 314 g/mol. The minimum Gasteiger partial charge on any atom is -0.389 e. The molecule has 2 N–H and O–H groups in total. The lowest BCUT2D eigenvalue weighted by Gasteiger charge is -2.18. The van der Waals surface area contributed by atoms with Crippen molar-refractivity contribution >= 4 is 27.0 Å². The molecule has 0 aliphatic heterocycles. The van der Waals surface area contributed by atoms with E-state index in [4.69, 9.17) is 18.0 Å². The van der Waals surface area contributed by atoms with Gasteiger partial charge in [-0.2, -0.15) is 0 Å². The lowest BCUT2D eigenvalue weighted by molar-refractivity contribution is 0.311. The van der Waals surface area contributed by atoms with Crippen molar-refractivity contribution in [1.82, 2.24) is 4.90 Å². The summed E-state index contributed by atoms with van der Waals surface area (Å²) in [5.41, 5.74) is 6.17. The first kappa shape index (κ1) is 17.1. The molecule has 0 amide bonds. The number of hydrogen-bond donors (Lipinski definition) is 1. The summed E-state index contributed by atoms with van der Waals surface area (Å²) in [5, 5.41) is 0. The lowest BCUT2D eigenvalue weighted by atomic mass is 10.2. The molecule has 1 aromatic carbocycles. The molecule has 112 valence electrons. The van der Waals surface area contributed by atoms with E-state index in [1.165, 1.54) is 0 Å². The fourth-order valence-corrected chi connectivity index (χ4v) is 3.41. The first-order chi connectivity index (χ1) is 9.22. The monoisotopic (exact) mass is 314 g/mol. The number of rotatable bonds is 7. The molecule has 0 heterocycles. The van der Waals surface area contributed by atoms with Crippen molar-refractivity contribution in [2.24, 2.45) is 11.7 Å². The van der Waals surface area contributed by atoms with E-state index in [2.05, 4.69) is 13.8 Å². The van der Waals surface area contributed by atoms with Crippen molar-refractivity contribution in [3.05, 3.63) is 29.8 Å². The van der Waals surface area contributed by atoms with Crippen molar-refractivity contribution in [3.63, 3.8) is 0 Å². The van der Waals surface area contributed by atoms with E-state index in [0.717, 1.165) is 6.54 Å². The summed E-state index contributed by atoms with van der Waals surface area (Å²) < 4.78 is 24.4. The van der Waals surface area contributed by atoms with Crippen LogP contribution in [0.5, 0.6) is 0 Å². The Morgan fingerprint density at radius 2 is 1.85 bits per heavy atom. The van der Waals surface area contributed by atoms with Crippen LogP contribution in [0.4, 0.5) is 0 Å². The summed E-state index contributed by atoms with van der Waals surface area (Å²) in [6.07, 6.45) is 0. The summed E-state index contributed by atoms with van der Waals surface area (Å²) in [4.78, 5) is 2.62. The third-order valence-corrected chi connectivity index (χ3v) is 4.86. The van der Waals surface area contributed by atoms with Gasteiger partial charge in [0.15, 0.2) is 9.84 Å². The van der Waals surface area contributed by atoms with Gasteiger partial charge in [-0.15, -0.1) is 0 Å². The van der Waals surface area contributed by atoms with E-state index >= 15 is 0 Å². The largest absolute Gasteiger partial charge is 0.389 e. The van der Waals surface area contributed by atoms with Crippen LogP contribution in [0.15, 0.2) is 29.2 Å². The SMILES string of the molecule is CC(C)CN(C)CCS(=O)(=O)c1ccc(C(N)=S)cc1. The average Bonchev–Trinajstić information content (AvgIpc) is 2.36. The number of nitrogens with two attached hydrogens (primary N) is 1. The summed E-state index contributed by atoms with van der Waals surface area (Å²) in [6, 6.07) is 6.42. The fourth-order valence-electron chi connectivity index (χ4n) is 1.94. The molecule has 0 bridgehead atoms. The van der Waals surface area contributed by atoms with Gasteiger partial charge in [-0.25, -0.2) is 8.42 Å². The molecule has 0 radical (unpaired) electrons. The van der Waals surface area contributed by atoms with Crippen LogP contribution in [0.25, 0.3) is 0 Å². The van der Waals surface area contributed by atoms with E-state index in [0.29, 0.717) is 22.9 Å². The highest BCUT2D eigenvalue weighted by Gasteiger charge is 2.15. The molecule has 0 atom stereocenters. The van der Waals surface area contributed by atoms with Gasteiger partial charge in [0.2, 0.25) is 0 Å². The van der Waals surface area contributed by atoms with Crippen molar-refractivity contribution in [2.75, 3.05) is 25.9 Å². The van der Waals surface area contributed by atoms with E-state index in [1.54, 1.807) is 24.3 Å². The molecule has 1 aromatic rings. The van der Waals surface area contributed by atoms with Crippen molar-refractivity contribution in [1.29, 1.82) is 0 Å². The molecular weight excluding hydrogens is 292 g/mol. The Hall–Kier alpha value is -0.980. The molecule has 6 heteroatoms. The normalized spacial score (nSPS) is 12.1. The van der Waals surface area contributed by atoms with Crippen LogP contribution >= 0.6 is 12.2 Å². The van der Waals surface area contributed by atoms with E-state index < -0.39 is 9.84 Å². The van der Waals surface area contributed by atoms with Crippen LogP contribution in [0, 0.1) is 5.92 Å². The van der Waals surface area contributed by atoms with Gasteiger partial charge in [0, 0.05) is 18.7 Å².